The molecule has 1 saturated heterocycles. The van der Waals surface area contributed by atoms with Gasteiger partial charge in [0.1, 0.15) is 0 Å². The molecule has 2 atom stereocenters. The maximum Gasteiger partial charge on any atom is 0.416 e. The van der Waals surface area contributed by atoms with Crippen molar-refractivity contribution in [2.24, 2.45) is 0 Å². The third-order valence-electron chi connectivity index (χ3n) is 5.79. The minimum atomic E-state index is -4.97. The van der Waals surface area contributed by atoms with Crippen LogP contribution < -0.4 is 0 Å². The SMILES string of the molecule is CC1(S(=O)(=O)c2cccc(C(F)(F)F)c2)CCOC(c2ccc(S(C)(=O)=O)cc2C(F)(F)F)C1. The third-order valence-corrected chi connectivity index (χ3v) is 9.45. The zero-order valence-electron chi connectivity index (χ0n) is 17.9. The monoisotopic (exact) mass is 530 g/mol. The van der Waals surface area contributed by atoms with Crippen LogP contribution in [0.4, 0.5) is 26.3 Å². The second kappa shape index (κ2) is 8.52. The predicted octanol–water partition coefficient (Wildman–Crippen LogP) is 5.21. The topological polar surface area (TPSA) is 77.5 Å². The summed E-state index contributed by atoms with van der Waals surface area (Å²) >= 11 is 0. The van der Waals surface area contributed by atoms with Crippen LogP contribution in [0.3, 0.4) is 0 Å². The number of benzene rings is 2. The van der Waals surface area contributed by atoms with Gasteiger partial charge in [0.25, 0.3) is 0 Å². The summed E-state index contributed by atoms with van der Waals surface area (Å²) in [5.41, 5.74) is -2.91. The lowest BCUT2D eigenvalue weighted by atomic mass is 9.90. The molecule has 2 unspecified atom stereocenters. The van der Waals surface area contributed by atoms with Crippen molar-refractivity contribution >= 4 is 19.7 Å². The van der Waals surface area contributed by atoms with Gasteiger partial charge >= 0.3 is 12.4 Å². The molecule has 1 heterocycles. The number of sulfone groups is 2. The first kappa shape index (κ1) is 26.5. The van der Waals surface area contributed by atoms with Gasteiger partial charge in [-0.05, 0) is 55.7 Å². The van der Waals surface area contributed by atoms with Crippen molar-refractivity contribution in [2.75, 3.05) is 12.9 Å². The van der Waals surface area contributed by atoms with E-state index in [-0.39, 0.29) is 13.0 Å². The van der Waals surface area contributed by atoms with Crippen molar-refractivity contribution in [3.63, 3.8) is 0 Å². The van der Waals surface area contributed by atoms with Crippen molar-refractivity contribution in [1.82, 2.24) is 0 Å². The molecule has 1 aliphatic heterocycles. The van der Waals surface area contributed by atoms with Gasteiger partial charge in [0.05, 0.1) is 31.8 Å². The summed E-state index contributed by atoms with van der Waals surface area (Å²) < 4.78 is 134. The first-order valence-electron chi connectivity index (χ1n) is 9.81. The molecule has 2 aromatic carbocycles. The Bertz CT molecular complexity index is 1300. The van der Waals surface area contributed by atoms with Crippen LogP contribution in [0.25, 0.3) is 0 Å². The van der Waals surface area contributed by atoms with E-state index < -0.39 is 75.8 Å². The van der Waals surface area contributed by atoms with Gasteiger partial charge in [-0.2, -0.15) is 26.3 Å². The molecule has 0 aromatic heterocycles. The van der Waals surface area contributed by atoms with Gasteiger partial charge in [-0.15, -0.1) is 0 Å². The van der Waals surface area contributed by atoms with E-state index in [1.54, 1.807) is 0 Å². The van der Waals surface area contributed by atoms with Crippen LogP contribution >= 0.6 is 0 Å². The molecule has 1 fully saturated rings. The van der Waals surface area contributed by atoms with E-state index >= 15 is 0 Å². The Morgan fingerprint density at radius 1 is 0.912 bits per heavy atom. The standard InChI is InChI=1S/C21H20F6O5S2/c1-19(34(30,31)15-5-3-4-13(10-15)20(22,23)24)8-9-32-18(12-19)16-7-6-14(33(2,28)29)11-17(16)21(25,26)27/h3-7,10-11,18H,8-9,12H2,1-2H3. The van der Waals surface area contributed by atoms with Gasteiger partial charge in [0.15, 0.2) is 19.7 Å². The van der Waals surface area contributed by atoms with E-state index in [0.29, 0.717) is 18.2 Å². The summed E-state index contributed by atoms with van der Waals surface area (Å²) in [5, 5.41) is 0. The molecule has 0 aliphatic carbocycles. The number of hydrogen-bond donors (Lipinski definition) is 0. The fraction of sp³-hybridized carbons (Fsp3) is 0.429. The molecule has 0 bridgehead atoms. The molecular weight excluding hydrogens is 510 g/mol. The summed E-state index contributed by atoms with van der Waals surface area (Å²) in [6.45, 7) is 0.973. The van der Waals surface area contributed by atoms with Gasteiger partial charge in [-0.3, -0.25) is 0 Å². The molecule has 0 saturated carbocycles. The quantitative estimate of drug-likeness (QED) is 0.507. The van der Waals surface area contributed by atoms with Crippen LogP contribution in [-0.2, 0) is 36.8 Å². The molecule has 0 amide bonds. The lowest BCUT2D eigenvalue weighted by Gasteiger charge is -2.38. The molecule has 3 rings (SSSR count). The highest BCUT2D eigenvalue weighted by atomic mass is 32.2. The molecular formula is C21H20F6O5S2. The molecule has 34 heavy (non-hydrogen) atoms. The van der Waals surface area contributed by atoms with E-state index in [4.69, 9.17) is 4.74 Å². The van der Waals surface area contributed by atoms with Gasteiger partial charge in [0, 0.05) is 12.9 Å². The molecule has 0 spiro atoms. The summed E-state index contributed by atoms with van der Waals surface area (Å²) in [6, 6.07) is 5.51. The van der Waals surface area contributed by atoms with E-state index in [0.717, 1.165) is 30.5 Å². The van der Waals surface area contributed by atoms with Crippen molar-refractivity contribution in [1.29, 1.82) is 0 Å². The Hall–Kier alpha value is -2.12. The van der Waals surface area contributed by atoms with Gasteiger partial charge < -0.3 is 4.74 Å². The van der Waals surface area contributed by atoms with Crippen molar-refractivity contribution < 1.29 is 47.9 Å². The van der Waals surface area contributed by atoms with E-state index in [2.05, 4.69) is 0 Å². The molecule has 188 valence electrons. The Balaban J connectivity index is 2.06. The maximum atomic E-state index is 13.7. The largest absolute Gasteiger partial charge is 0.416 e. The summed E-state index contributed by atoms with van der Waals surface area (Å²) in [7, 11) is -8.38. The van der Waals surface area contributed by atoms with E-state index in [1.165, 1.54) is 6.92 Å². The number of alkyl halides is 6. The van der Waals surface area contributed by atoms with Crippen LogP contribution in [0.2, 0.25) is 0 Å². The summed E-state index contributed by atoms with van der Waals surface area (Å²) in [5.74, 6) is 0. The van der Waals surface area contributed by atoms with Crippen LogP contribution in [0.5, 0.6) is 0 Å². The minimum absolute atomic E-state index is 0.162. The lowest BCUT2D eigenvalue weighted by Crippen LogP contribution is -2.42. The lowest BCUT2D eigenvalue weighted by molar-refractivity contribution is -0.140. The van der Waals surface area contributed by atoms with Gasteiger partial charge in [-0.25, -0.2) is 16.8 Å². The fourth-order valence-electron chi connectivity index (χ4n) is 3.83. The Morgan fingerprint density at radius 2 is 1.56 bits per heavy atom. The number of halogens is 6. The second-order valence-corrected chi connectivity index (χ2v) is 12.8. The molecule has 5 nitrogen and oxygen atoms in total. The Morgan fingerprint density at radius 3 is 2.12 bits per heavy atom. The average Bonchev–Trinajstić information content (AvgIpc) is 2.71. The Kier molecular flexibility index (Phi) is 6.64. The van der Waals surface area contributed by atoms with Crippen molar-refractivity contribution in [2.45, 2.75) is 52.8 Å². The van der Waals surface area contributed by atoms with Crippen molar-refractivity contribution in [3.8, 4) is 0 Å². The van der Waals surface area contributed by atoms with Gasteiger partial charge in [-0.1, -0.05) is 12.1 Å². The van der Waals surface area contributed by atoms with Crippen molar-refractivity contribution in [3.05, 3.63) is 59.2 Å². The molecule has 0 radical (unpaired) electrons. The number of ether oxygens (including phenoxy) is 1. The van der Waals surface area contributed by atoms with Crippen LogP contribution in [0.1, 0.15) is 42.6 Å². The minimum Gasteiger partial charge on any atom is -0.373 e. The van der Waals surface area contributed by atoms with Gasteiger partial charge in [0.2, 0.25) is 0 Å². The molecule has 2 aromatic rings. The van der Waals surface area contributed by atoms with Crippen LogP contribution in [0, 0.1) is 0 Å². The molecule has 13 heteroatoms. The number of rotatable bonds is 4. The third kappa shape index (κ3) is 5.10. The van der Waals surface area contributed by atoms with E-state index in [9.17, 15) is 43.2 Å². The molecule has 0 N–H and O–H groups in total. The predicted molar refractivity (Wildman–Crippen MR) is 110 cm³/mol. The average molecular weight is 531 g/mol. The first-order chi connectivity index (χ1) is 15.4. The highest BCUT2D eigenvalue weighted by Gasteiger charge is 2.47. The fourth-order valence-corrected chi connectivity index (χ4v) is 6.31. The molecule has 1 aliphatic rings. The Labute approximate surface area is 192 Å². The zero-order chi connectivity index (χ0) is 25.7. The van der Waals surface area contributed by atoms with Crippen LogP contribution in [0.15, 0.2) is 52.3 Å². The summed E-state index contributed by atoms with van der Waals surface area (Å²) in [4.78, 5) is -1.17. The maximum absolute atomic E-state index is 13.7. The highest BCUT2D eigenvalue weighted by Crippen LogP contribution is 2.46. The first-order valence-corrected chi connectivity index (χ1v) is 13.2. The normalized spacial score (nSPS) is 22.5. The number of hydrogen-bond acceptors (Lipinski definition) is 5. The second-order valence-electron chi connectivity index (χ2n) is 8.31. The van der Waals surface area contributed by atoms with Crippen LogP contribution in [-0.4, -0.2) is 34.4 Å². The summed E-state index contributed by atoms with van der Waals surface area (Å²) in [6.07, 6.45) is -11.0. The zero-order valence-corrected chi connectivity index (χ0v) is 19.5. The van der Waals surface area contributed by atoms with E-state index in [1.807, 2.05) is 0 Å². The highest BCUT2D eigenvalue weighted by molar-refractivity contribution is 7.92. The smallest absolute Gasteiger partial charge is 0.373 e.